The number of nitrogens with zero attached hydrogens (tertiary/aromatic N) is 3. The molecule has 0 radical (unpaired) electrons. The molecule has 9 heteroatoms. The number of aryl methyl sites for hydroxylation is 1. The molecule has 0 aliphatic heterocycles. The molecule has 0 aliphatic carbocycles. The first-order valence-electron chi connectivity index (χ1n) is 7.83. The van der Waals surface area contributed by atoms with Crippen molar-refractivity contribution < 1.29 is 22.9 Å². The fourth-order valence-electron chi connectivity index (χ4n) is 2.18. The largest absolute Gasteiger partial charge is 0.385 e. The van der Waals surface area contributed by atoms with Crippen LogP contribution >= 0.6 is 0 Å². The van der Waals surface area contributed by atoms with Crippen LogP contribution in [0.2, 0.25) is 0 Å². The summed E-state index contributed by atoms with van der Waals surface area (Å²) < 4.78 is 31.3. The van der Waals surface area contributed by atoms with Gasteiger partial charge in [-0.3, -0.25) is 4.79 Å². The lowest BCUT2D eigenvalue weighted by Crippen LogP contribution is -2.14. The van der Waals surface area contributed by atoms with Gasteiger partial charge in [-0.25, -0.2) is 8.78 Å². The van der Waals surface area contributed by atoms with Crippen molar-refractivity contribution in [2.75, 3.05) is 5.32 Å². The van der Waals surface area contributed by atoms with Gasteiger partial charge in [-0.05, 0) is 24.6 Å². The van der Waals surface area contributed by atoms with E-state index in [4.69, 9.17) is 9.36 Å². The molecule has 3 aromatic rings. The Morgan fingerprint density at radius 2 is 2.11 bits per heavy atom. The third-order valence-corrected chi connectivity index (χ3v) is 3.48. The molecule has 27 heavy (non-hydrogen) atoms. The fraction of sp³-hybridized carbons (Fsp3) is 0.111. The van der Waals surface area contributed by atoms with E-state index in [1.165, 1.54) is 0 Å². The van der Waals surface area contributed by atoms with Crippen LogP contribution in [0.3, 0.4) is 0 Å². The lowest BCUT2D eigenvalue weighted by atomic mass is 10.1. The number of amides is 1. The number of nitrogens with one attached hydrogen (secondary N) is 1. The molecule has 1 amide bonds. The number of oxime groups is 1. The van der Waals surface area contributed by atoms with Crippen LogP contribution in [0.25, 0.3) is 11.4 Å². The highest BCUT2D eigenvalue weighted by Crippen LogP contribution is 2.20. The first-order chi connectivity index (χ1) is 13.0. The van der Waals surface area contributed by atoms with Gasteiger partial charge in [0.25, 0.3) is 11.8 Å². The van der Waals surface area contributed by atoms with E-state index in [9.17, 15) is 13.6 Å². The van der Waals surface area contributed by atoms with Gasteiger partial charge in [0, 0.05) is 11.6 Å². The van der Waals surface area contributed by atoms with Crippen molar-refractivity contribution in [3.63, 3.8) is 0 Å². The maximum atomic E-state index is 13.4. The predicted molar refractivity (Wildman–Crippen MR) is 92.7 cm³/mol. The number of halogens is 2. The van der Waals surface area contributed by atoms with Crippen LogP contribution in [-0.2, 0) is 16.2 Å². The van der Waals surface area contributed by atoms with Crippen molar-refractivity contribution in [2.24, 2.45) is 5.16 Å². The Labute approximate surface area is 152 Å². The van der Waals surface area contributed by atoms with E-state index in [0.29, 0.717) is 11.9 Å². The first kappa shape index (κ1) is 18.2. The number of carbonyl (C=O) groups is 1. The number of hydrogen-bond donors (Lipinski definition) is 1. The lowest BCUT2D eigenvalue weighted by Gasteiger charge is -2.02. The molecule has 0 fully saturated rings. The van der Waals surface area contributed by atoms with E-state index in [2.05, 4.69) is 20.6 Å². The SMILES string of the molecule is Cc1ccccc1-c1noc(CON=CC(=O)Nc2ccc(F)cc2F)n1. The topological polar surface area (TPSA) is 89.6 Å². The van der Waals surface area contributed by atoms with Crippen molar-refractivity contribution in [3.05, 3.63) is 65.6 Å². The average molecular weight is 372 g/mol. The van der Waals surface area contributed by atoms with Gasteiger partial charge in [-0.2, -0.15) is 4.98 Å². The van der Waals surface area contributed by atoms with Crippen LogP contribution in [0.15, 0.2) is 52.1 Å². The zero-order valence-electron chi connectivity index (χ0n) is 14.1. The second kappa shape index (κ2) is 8.17. The van der Waals surface area contributed by atoms with Crippen molar-refractivity contribution >= 4 is 17.8 Å². The summed E-state index contributed by atoms with van der Waals surface area (Å²) in [4.78, 5) is 20.7. The quantitative estimate of drug-likeness (QED) is 0.529. The van der Waals surface area contributed by atoms with Crippen molar-refractivity contribution in [1.82, 2.24) is 10.1 Å². The Balaban J connectivity index is 1.52. The fourth-order valence-corrected chi connectivity index (χ4v) is 2.18. The summed E-state index contributed by atoms with van der Waals surface area (Å²) in [5.74, 6) is -1.79. The molecule has 0 aliphatic rings. The van der Waals surface area contributed by atoms with Crippen molar-refractivity contribution in [3.8, 4) is 11.4 Å². The molecule has 2 aromatic carbocycles. The Hall–Kier alpha value is -3.62. The number of rotatable bonds is 6. The molecule has 0 bridgehead atoms. The van der Waals surface area contributed by atoms with E-state index < -0.39 is 17.5 Å². The van der Waals surface area contributed by atoms with E-state index in [1.807, 2.05) is 31.2 Å². The van der Waals surface area contributed by atoms with Gasteiger partial charge in [-0.1, -0.05) is 34.6 Å². The Morgan fingerprint density at radius 3 is 2.89 bits per heavy atom. The highest BCUT2D eigenvalue weighted by molar-refractivity contribution is 6.31. The predicted octanol–water partition coefficient (Wildman–Crippen LogP) is 3.46. The van der Waals surface area contributed by atoms with Crippen LogP contribution in [-0.4, -0.2) is 22.3 Å². The summed E-state index contributed by atoms with van der Waals surface area (Å²) in [5, 5.41) is 9.52. The summed E-state index contributed by atoms with van der Waals surface area (Å²) >= 11 is 0. The second-order valence-electron chi connectivity index (χ2n) is 5.45. The maximum absolute atomic E-state index is 13.4. The van der Waals surface area contributed by atoms with Crippen molar-refractivity contribution in [1.29, 1.82) is 0 Å². The summed E-state index contributed by atoms with van der Waals surface area (Å²) in [6.07, 6.45) is 0.807. The molecular weight excluding hydrogens is 358 g/mol. The molecule has 1 heterocycles. The molecule has 0 atom stereocenters. The smallest absolute Gasteiger partial charge is 0.270 e. The second-order valence-corrected chi connectivity index (χ2v) is 5.45. The molecule has 7 nitrogen and oxygen atoms in total. The monoisotopic (exact) mass is 372 g/mol. The average Bonchev–Trinajstić information content (AvgIpc) is 3.10. The Kier molecular flexibility index (Phi) is 5.50. The highest BCUT2D eigenvalue weighted by atomic mass is 19.1. The summed E-state index contributed by atoms with van der Waals surface area (Å²) in [7, 11) is 0. The first-order valence-corrected chi connectivity index (χ1v) is 7.83. The molecule has 1 aromatic heterocycles. The lowest BCUT2D eigenvalue weighted by molar-refractivity contribution is -0.110. The maximum Gasteiger partial charge on any atom is 0.270 e. The van der Waals surface area contributed by atoms with Gasteiger partial charge in [0.15, 0.2) is 6.61 Å². The number of aromatic nitrogens is 2. The third-order valence-electron chi connectivity index (χ3n) is 3.48. The van der Waals surface area contributed by atoms with Crippen molar-refractivity contribution in [2.45, 2.75) is 13.5 Å². The van der Waals surface area contributed by atoms with E-state index in [0.717, 1.165) is 29.5 Å². The van der Waals surface area contributed by atoms with Crippen LogP contribution < -0.4 is 5.32 Å². The van der Waals surface area contributed by atoms with Gasteiger partial charge in [0.05, 0.1) is 5.69 Å². The molecule has 3 rings (SSSR count). The molecular formula is C18H14F2N4O3. The minimum absolute atomic E-state index is 0.145. The summed E-state index contributed by atoms with van der Waals surface area (Å²) in [6, 6.07) is 10.3. The van der Waals surface area contributed by atoms with Gasteiger partial charge < -0.3 is 14.7 Å². The van der Waals surface area contributed by atoms with Gasteiger partial charge >= 0.3 is 0 Å². The van der Waals surface area contributed by atoms with E-state index >= 15 is 0 Å². The zero-order valence-corrected chi connectivity index (χ0v) is 14.1. The molecule has 0 spiro atoms. The van der Waals surface area contributed by atoms with Gasteiger partial charge in [0.2, 0.25) is 5.82 Å². The molecule has 0 saturated carbocycles. The number of hydrogen-bond acceptors (Lipinski definition) is 6. The van der Waals surface area contributed by atoms with E-state index in [-0.39, 0.29) is 18.2 Å². The number of anilines is 1. The van der Waals surface area contributed by atoms with Crippen LogP contribution in [0.1, 0.15) is 11.5 Å². The van der Waals surface area contributed by atoms with Crippen LogP contribution in [0.5, 0.6) is 0 Å². The van der Waals surface area contributed by atoms with Crippen LogP contribution in [0.4, 0.5) is 14.5 Å². The van der Waals surface area contributed by atoms with Gasteiger partial charge in [0.1, 0.15) is 17.8 Å². The molecule has 1 N–H and O–H groups in total. The molecule has 0 unspecified atom stereocenters. The standard InChI is InChI=1S/C18H14F2N4O3/c1-11-4-2-3-5-13(11)18-23-17(27-24-18)10-26-21-9-16(25)22-15-7-6-12(19)8-14(15)20/h2-9H,10H2,1H3,(H,22,25). The number of carbonyl (C=O) groups excluding carboxylic acids is 1. The van der Waals surface area contributed by atoms with Crippen LogP contribution in [0, 0.1) is 18.6 Å². The van der Waals surface area contributed by atoms with Gasteiger partial charge in [-0.15, -0.1) is 0 Å². The highest BCUT2D eigenvalue weighted by Gasteiger charge is 2.11. The summed E-state index contributed by atoms with van der Waals surface area (Å²) in [5.41, 5.74) is 1.65. The van der Waals surface area contributed by atoms with E-state index in [1.54, 1.807) is 0 Å². The molecule has 138 valence electrons. The number of benzene rings is 2. The summed E-state index contributed by atoms with van der Waals surface area (Å²) in [6.45, 7) is 1.78. The molecule has 0 saturated heterocycles. The normalized spacial score (nSPS) is 10.9. The minimum Gasteiger partial charge on any atom is -0.385 e. The Morgan fingerprint density at radius 1 is 1.30 bits per heavy atom. The minimum atomic E-state index is -0.896. The Bertz CT molecular complexity index is 988. The third kappa shape index (κ3) is 4.72. The zero-order chi connectivity index (χ0) is 19.2.